The predicted molar refractivity (Wildman–Crippen MR) is 120 cm³/mol. The number of carbonyl (C=O) groups excluding carboxylic acids is 2. The second-order valence-corrected chi connectivity index (χ2v) is 9.58. The van der Waals surface area contributed by atoms with E-state index in [2.05, 4.69) is 0 Å². The second-order valence-electron chi connectivity index (χ2n) is 9.15. The zero-order chi connectivity index (χ0) is 24.0. The average Bonchev–Trinajstić information content (AvgIpc) is 2.71. The van der Waals surface area contributed by atoms with Crippen molar-refractivity contribution < 1.29 is 28.2 Å². The van der Waals surface area contributed by atoms with Gasteiger partial charge in [-0.1, -0.05) is 29.8 Å². The molecule has 2 aliphatic rings. The molecule has 0 saturated carbocycles. The van der Waals surface area contributed by atoms with Crippen molar-refractivity contribution in [3.8, 4) is 5.75 Å². The topological polar surface area (TPSA) is 65.1 Å². The normalized spacial score (nSPS) is 22.8. The van der Waals surface area contributed by atoms with Crippen molar-refractivity contribution in [1.29, 1.82) is 0 Å². The van der Waals surface area contributed by atoms with Crippen LogP contribution in [-0.4, -0.2) is 29.0 Å². The van der Waals surface area contributed by atoms with Crippen LogP contribution >= 0.6 is 11.6 Å². The van der Waals surface area contributed by atoms with Gasteiger partial charge in [-0.25, -0.2) is 14.1 Å². The van der Waals surface area contributed by atoms with Crippen LogP contribution in [-0.2, 0) is 20.1 Å². The summed E-state index contributed by atoms with van der Waals surface area (Å²) in [7, 11) is 0. The van der Waals surface area contributed by atoms with Gasteiger partial charge in [0.25, 0.3) is 5.91 Å². The number of para-hydroxylation sites is 1. The van der Waals surface area contributed by atoms with Gasteiger partial charge in [0.15, 0.2) is 0 Å². The number of rotatable bonds is 2. The average molecular weight is 474 g/mol. The fourth-order valence-electron chi connectivity index (χ4n) is 3.93. The molecule has 174 valence electrons. The largest absolute Gasteiger partial charge is 0.458 e. The van der Waals surface area contributed by atoms with Crippen LogP contribution in [0.3, 0.4) is 0 Å². The summed E-state index contributed by atoms with van der Waals surface area (Å²) in [4.78, 5) is 26.3. The minimum atomic E-state index is -1.46. The van der Waals surface area contributed by atoms with Crippen LogP contribution in [0.1, 0.15) is 51.3 Å². The summed E-state index contributed by atoms with van der Waals surface area (Å²) < 4.78 is 32.5. The number of hydrogen-bond acceptors (Lipinski definition) is 5. The first-order valence-corrected chi connectivity index (χ1v) is 11.0. The van der Waals surface area contributed by atoms with E-state index >= 15 is 0 Å². The van der Waals surface area contributed by atoms with Gasteiger partial charge in [-0.05, 0) is 57.0 Å². The number of nitrogens with zero attached hydrogens (tertiary/aromatic N) is 1. The lowest BCUT2D eigenvalue weighted by molar-refractivity contribution is -0.220. The summed E-state index contributed by atoms with van der Waals surface area (Å²) in [6.45, 7) is 6.99. The molecule has 2 aromatic rings. The monoisotopic (exact) mass is 473 g/mol. The van der Waals surface area contributed by atoms with E-state index in [4.69, 9.17) is 25.8 Å². The highest BCUT2D eigenvalue weighted by atomic mass is 35.5. The summed E-state index contributed by atoms with van der Waals surface area (Å²) in [5, 5.41) is 0.260. The van der Waals surface area contributed by atoms with Crippen molar-refractivity contribution in [2.45, 2.75) is 51.6 Å². The quantitative estimate of drug-likeness (QED) is 0.543. The van der Waals surface area contributed by atoms with Crippen molar-refractivity contribution in [3.63, 3.8) is 0 Å². The van der Waals surface area contributed by atoms with E-state index in [1.807, 2.05) is 18.2 Å². The Balaban J connectivity index is 1.68. The maximum Gasteiger partial charge on any atom is 0.417 e. The molecule has 2 heterocycles. The van der Waals surface area contributed by atoms with E-state index in [0.717, 1.165) is 4.90 Å². The Labute approximate surface area is 196 Å². The maximum absolute atomic E-state index is 14.8. The highest BCUT2D eigenvalue weighted by Gasteiger charge is 2.43. The Morgan fingerprint density at radius 2 is 1.97 bits per heavy atom. The first-order valence-electron chi connectivity index (χ1n) is 10.6. The molecule has 0 radical (unpaired) electrons. The first-order chi connectivity index (χ1) is 15.5. The van der Waals surface area contributed by atoms with E-state index in [9.17, 15) is 14.0 Å². The number of imide groups is 1. The van der Waals surface area contributed by atoms with Crippen molar-refractivity contribution in [1.82, 2.24) is 4.90 Å². The summed E-state index contributed by atoms with van der Waals surface area (Å²) in [5.41, 5.74) is 0.851. The van der Waals surface area contributed by atoms with Gasteiger partial charge in [0.05, 0.1) is 5.56 Å². The van der Waals surface area contributed by atoms with Gasteiger partial charge in [-0.3, -0.25) is 4.79 Å². The van der Waals surface area contributed by atoms with Crippen molar-refractivity contribution in [2.24, 2.45) is 0 Å². The number of benzene rings is 2. The Kier molecular flexibility index (Phi) is 5.97. The molecule has 2 aliphatic heterocycles. The lowest BCUT2D eigenvalue weighted by atomic mass is 9.93. The molecule has 2 unspecified atom stereocenters. The molecule has 33 heavy (non-hydrogen) atoms. The Morgan fingerprint density at radius 3 is 2.64 bits per heavy atom. The van der Waals surface area contributed by atoms with E-state index in [0.29, 0.717) is 23.3 Å². The molecular formula is C25H25ClFNO5. The Morgan fingerprint density at radius 1 is 1.24 bits per heavy atom. The number of halogens is 2. The van der Waals surface area contributed by atoms with Crippen LogP contribution < -0.4 is 4.74 Å². The molecule has 0 spiro atoms. The molecule has 0 saturated heterocycles. The van der Waals surface area contributed by atoms with Crippen LogP contribution in [0.25, 0.3) is 0 Å². The number of hydrogen-bond donors (Lipinski definition) is 0. The molecule has 0 N–H and O–H groups in total. The van der Waals surface area contributed by atoms with Crippen LogP contribution in [0.2, 0.25) is 5.02 Å². The molecule has 0 bridgehead atoms. The van der Waals surface area contributed by atoms with Crippen LogP contribution in [0.5, 0.6) is 5.75 Å². The molecule has 4 rings (SSSR count). The molecule has 6 nitrogen and oxygen atoms in total. The molecular weight excluding hydrogens is 449 g/mol. The van der Waals surface area contributed by atoms with Crippen LogP contribution in [0, 0.1) is 5.82 Å². The van der Waals surface area contributed by atoms with Gasteiger partial charge >= 0.3 is 6.09 Å². The first kappa shape index (κ1) is 23.3. The van der Waals surface area contributed by atoms with Crippen molar-refractivity contribution in [2.75, 3.05) is 6.54 Å². The summed E-state index contributed by atoms with van der Waals surface area (Å²) in [6.07, 6.45) is 0.408. The summed E-state index contributed by atoms with van der Waals surface area (Å²) in [6, 6.07) is 11.5. The number of ether oxygens (including phenoxy) is 3. The second kappa shape index (κ2) is 8.47. The predicted octanol–water partition coefficient (Wildman–Crippen LogP) is 5.90. The number of carbonyl (C=O) groups is 2. The minimum Gasteiger partial charge on any atom is -0.458 e. The zero-order valence-electron chi connectivity index (χ0n) is 18.9. The van der Waals surface area contributed by atoms with Crippen LogP contribution in [0.15, 0.2) is 54.1 Å². The van der Waals surface area contributed by atoms with E-state index in [-0.39, 0.29) is 17.1 Å². The van der Waals surface area contributed by atoms with E-state index in [1.54, 1.807) is 39.8 Å². The lowest BCUT2D eigenvalue weighted by Gasteiger charge is -2.42. The Hall–Kier alpha value is -2.90. The molecule has 2 atom stereocenters. The third-order valence-electron chi connectivity index (χ3n) is 5.42. The van der Waals surface area contributed by atoms with Crippen LogP contribution in [0.4, 0.5) is 9.18 Å². The minimum absolute atomic E-state index is 0.147. The summed E-state index contributed by atoms with van der Waals surface area (Å²) in [5.74, 6) is -1.99. The summed E-state index contributed by atoms with van der Waals surface area (Å²) >= 11 is 5.92. The standard InChI is InChI=1S/C25H25ClFNO5/c1-24(2,3)33-23(30)28-12-11-15(13-21(28)29)22-17-7-5-6-8-20(17)31-25(4,32-22)18-10-9-16(26)14-19(18)27/h5-10,13-14,22H,11-12H2,1-4H3. The smallest absolute Gasteiger partial charge is 0.417 e. The number of fused-ring (bicyclic) bond motifs is 1. The SMILES string of the molecule is CC(C)(C)OC(=O)N1CCC(C2OC(C)(c3ccc(Cl)cc3F)Oc3ccccc32)=CC1=O. The molecule has 2 amide bonds. The highest BCUT2D eigenvalue weighted by Crippen LogP contribution is 2.47. The Bertz CT molecular complexity index is 1140. The molecule has 0 aliphatic carbocycles. The van der Waals surface area contributed by atoms with E-state index < -0.39 is 35.3 Å². The number of amides is 2. The van der Waals surface area contributed by atoms with Crippen molar-refractivity contribution in [3.05, 3.63) is 76.1 Å². The fourth-order valence-corrected chi connectivity index (χ4v) is 4.09. The third-order valence-corrected chi connectivity index (χ3v) is 5.65. The molecule has 0 aromatic heterocycles. The van der Waals surface area contributed by atoms with Gasteiger partial charge < -0.3 is 14.2 Å². The third kappa shape index (κ3) is 4.75. The van der Waals surface area contributed by atoms with Gasteiger partial charge in [0, 0.05) is 30.1 Å². The maximum atomic E-state index is 14.8. The van der Waals surface area contributed by atoms with E-state index in [1.165, 1.54) is 18.2 Å². The molecule has 2 aromatic carbocycles. The molecule has 8 heteroatoms. The highest BCUT2D eigenvalue weighted by molar-refractivity contribution is 6.30. The van der Waals surface area contributed by atoms with Gasteiger partial charge in [0.2, 0.25) is 5.79 Å². The van der Waals surface area contributed by atoms with Gasteiger partial charge in [-0.2, -0.15) is 0 Å². The molecule has 0 fully saturated rings. The zero-order valence-corrected chi connectivity index (χ0v) is 19.6. The van der Waals surface area contributed by atoms with Crippen molar-refractivity contribution >= 4 is 23.6 Å². The fraction of sp³-hybridized carbons (Fsp3) is 0.360. The van der Waals surface area contributed by atoms with Gasteiger partial charge in [-0.15, -0.1) is 0 Å². The lowest BCUT2D eigenvalue weighted by Crippen LogP contribution is -2.44. The van der Waals surface area contributed by atoms with Gasteiger partial charge in [0.1, 0.15) is 23.3 Å².